The molecule has 1 aromatic rings. The summed E-state index contributed by atoms with van der Waals surface area (Å²) in [5.41, 5.74) is -1.27. The van der Waals surface area contributed by atoms with Crippen LogP contribution in [0.1, 0.15) is 57.9 Å². The van der Waals surface area contributed by atoms with Gasteiger partial charge in [-0.25, -0.2) is 19.1 Å². The molecule has 0 aliphatic heterocycles. The first-order valence-electron chi connectivity index (χ1n) is 7.15. The van der Waals surface area contributed by atoms with Gasteiger partial charge in [0.25, 0.3) is 0 Å². The molecule has 0 aromatic carbocycles. The summed E-state index contributed by atoms with van der Waals surface area (Å²) in [5.74, 6) is 0.173. The molecule has 1 heterocycles. The van der Waals surface area contributed by atoms with Gasteiger partial charge in [0.15, 0.2) is 6.29 Å². The van der Waals surface area contributed by atoms with Crippen LogP contribution >= 0.6 is 0 Å². The smallest absolute Gasteiger partial charge is 0.420 e. The largest absolute Gasteiger partial charge is 0.444 e. The van der Waals surface area contributed by atoms with E-state index in [4.69, 9.17) is 9.47 Å². The standard InChI is InChI=1S/C15H23N3O5/c1-14(2,3)22-12(20)16-7-11-17-10(9-19)8-18(11)13(21)23-15(4,5)6/h8-9H,7H2,1-6H3,(H,16,20). The topological polar surface area (TPSA) is 99.5 Å². The van der Waals surface area contributed by atoms with Crippen LogP contribution < -0.4 is 5.32 Å². The molecule has 128 valence electrons. The number of hydrogen-bond donors (Lipinski definition) is 1. The molecule has 0 unspecified atom stereocenters. The van der Waals surface area contributed by atoms with Crippen molar-refractivity contribution in [2.75, 3.05) is 0 Å². The molecule has 8 nitrogen and oxygen atoms in total. The maximum atomic E-state index is 12.1. The van der Waals surface area contributed by atoms with Gasteiger partial charge in [0.1, 0.15) is 22.7 Å². The van der Waals surface area contributed by atoms with E-state index in [1.807, 2.05) is 0 Å². The van der Waals surface area contributed by atoms with E-state index in [9.17, 15) is 14.4 Å². The Balaban J connectivity index is 2.86. The number of carbonyl (C=O) groups is 3. The molecule has 0 saturated carbocycles. The average Bonchev–Trinajstić information content (AvgIpc) is 2.75. The highest BCUT2D eigenvalue weighted by Crippen LogP contribution is 2.12. The first kappa shape index (κ1) is 18.7. The Labute approximate surface area is 135 Å². The van der Waals surface area contributed by atoms with Crippen LogP contribution in [0.3, 0.4) is 0 Å². The van der Waals surface area contributed by atoms with E-state index in [1.54, 1.807) is 41.5 Å². The first-order chi connectivity index (χ1) is 10.4. The van der Waals surface area contributed by atoms with Crippen LogP contribution in [0.15, 0.2) is 6.20 Å². The molecule has 0 atom stereocenters. The van der Waals surface area contributed by atoms with Gasteiger partial charge in [-0.2, -0.15) is 0 Å². The number of ether oxygens (including phenoxy) is 2. The fourth-order valence-corrected chi connectivity index (χ4v) is 1.55. The Hall–Kier alpha value is -2.38. The molecule has 0 radical (unpaired) electrons. The van der Waals surface area contributed by atoms with Gasteiger partial charge in [0.05, 0.1) is 6.54 Å². The van der Waals surface area contributed by atoms with Gasteiger partial charge in [-0.3, -0.25) is 4.79 Å². The number of rotatable bonds is 3. The highest BCUT2D eigenvalue weighted by Gasteiger charge is 2.22. The first-order valence-corrected chi connectivity index (χ1v) is 7.15. The van der Waals surface area contributed by atoms with Crippen LogP contribution in [-0.4, -0.2) is 39.2 Å². The van der Waals surface area contributed by atoms with Crippen molar-refractivity contribution in [2.45, 2.75) is 59.3 Å². The molecule has 1 N–H and O–H groups in total. The van der Waals surface area contributed by atoms with Crippen molar-refractivity contribution in [1.82, 2.24) is 14.9 Å². The van der Waals surface area contributed by atoms with Gasteiger partial charge in [-0.1, -0.05) is 0 Å². The lowest BCUT2D eigenvalue weighted by molar-refractivity contribution is 0.0493. The fraction of sp³-hybridized carbons (Fsp3) is 0.600. The average molecular weight is 325 g/mol. The second-order valence-electron chi connectivity index (χ2n) is 6.91. The van der Waals surface area contributed by atoms with Crippen molar-refractivity contribution in [1.29, 1.82) is 0 Å². The van der Waals surface area contributed by atoms with Crippen LogP contribution in [-0.2, 0) is 16.0 Å². The third kappa shape index (κ3) is 6.50. The summed E-state index contributed by atoms with van der Waals surface area (Å²) in [6, 6.07) is 0. The number of alkyl carbamates (subject to hydrolysis) is 1. The maximum absolute atomic E-state index is 12.1. The third-order valence-electron chi connectivity index (χ3n) is 2.30. The summed E-state index contributed by atoms with van der Waals surface area (Å²) in [6.45, 7) is 10.3. The Kier molecular flexibility index (Phi) is 5.52. The molecule has 0 spiro atoms. The molecular weight excluding hydrogens is 302 g/mol. The molecule has 0 aliphatic rings. The quantitative estimate of drug-likeness (QED) is 0.857. The highest BCUT2D eigenvalue weighted by atomic mass is 16.6. The Morgan fingerprint density at radius 2 is 1.74 bits per heavy atom. The van der Waals surface area contributed by atoms with Crippen LogP contribution in [0.25, 0.3) is 0 Å². The summed E-state index contributed by atoms with van der Waals surface area (Å²) < 4.78 is 11.4. The SMILES string of the molecule is CC(C)(C)OC(=O)NCc1nc(C=O)cn1C(=O)OC(C)(C)C. The number of aldehydes is 1. The molecule has 1 amide bonds. The number of nitrogens with one attached hydrogen (secondary N) is 1. The van der Waals surface area contributed by atoms with Crippen molar-refractivity contribution >= 4 is 18.5 Å². The van der Waals surface area contributed by atoms with E-state index >= 15 is 0 Å². The maximum Gasteiger partial charge on any atom is 0.420 e. The molecule has 8 heteroatoms. The zero-order chi connectivity index (χ0) is 17.8. The van der Waals surface area contributed by atoms with Gasteiger partial charge in [0, 0.05) is 6.20 Å². The number of amides is 1. The Morgan fingerprint density at radius 3 is 2.22 bits per heavy atom. The lowest BCUT2D eigenvalue weighted by Gasteiger charge is -2.21. The molecule has 0 saturated heterocycles. The van der Waals surface area contributed by atoms with Gasteiger partial charge in [0.2, 0.25) is 0 Å². The molecule has 0 bridgehead atoms. The number of aromatic nitrogens is 2. The Morgan fingerprint density at radius 1 is 1.17 bits per heavy atom. The lowest BCUT2D eigenvalue weighted by atomic mass is 10.2. The van der Waals surface area contributed by atoms with Crippen LogP contribution in [0, 0.1) is 0 Å². The van der Waals surface area contributed by atoms with Crippen molar-refractivity contribution in [2.24, 2.45) is 0 Å². The van der Waals surface area contributed by atoms with Crippen molar-refractivity contribution in [3.05, 3.63) is 17.7 Å². The van der Waals surface area contributed by atoms with Crippen molar-refractivity contribution < 1.29 is 23.9 Å². The summed E-state index contributed by atoms with van der Waals surface area (Å²) in [7, 11) is 0. The second-order valence-corrected chi connectivity index (χ2v) is 6.91. The number of hydrogen-bond acceptors (Lipinski definition) is 6. The summed E-state index contributed by atoms with van der Waals surface area (Å²) in [6.07, 6.45) is 0.438. The van der Waals surface area contributed by atoms with Crippen LogP contribution in [0.4, 0.5) is 9.59 Å². The predicted molar refractivity (Wildman–Crippen MR) is 82.3 cm³/mol. The molecule has 0 aliphatic carbocycles. The van der Waals surface area contributed by atoms with Crippen LogP contribution in [0.5, 0.6) is 0 Å². The van der Waals surface area contributed by atoms with E-state index in [0.717, 1.165) is 4.57 Å². The minimum Gasteiger partial charge on any atom is -0.444 e. The highest BCUT2D eigenvalue weighted by molar-refractivity contribution is 5.77. The molecule has 1 rings (SSSR count). The van der Waals surface area contributed by atoms with Gasteiger partial charge in [-0.15, -0.1) is 0 Å². The molecule has 0 fully saturated rings. The van der Waals surface area contributed by atoms with Gasteiger partial charge < -0.3 is 14.8 Å². The molecular formula is C15H23N3O5. The minimum absolute atomic E-state index is 0.0665. The zero-order valence-corrected chi connectivity index (χ0v) is 14.3. The fourth-order valence-electron chi connectivity index (χ4n) is 1.55. The summed E-state index contributed by atoms with van der Waals surface area (Å²) in [4.78, 5) is 38.6. The monoisotopic (exact) mass is 325 g/mol. The van der Waals surface area contributed by atoms with Crippen molar-refractivity contribution in [3.8, 4) is 0 Å². The summed E-state index contributed by atoms with van der Waals surface area (Å²) >= 11 is 0. The molecule has 1 aromatic heterocycles. The Bertz CT molecular complexity index is 593. The molecule has 23 heavy (non-hydrogen) atoms. The van der Waals surface area contributed by atoms with E-state index in [2.05, 4.69) is 10.3 Å². The van der Waals surface area contributed by atoms with Crippen LogP contribution in [0.2, 0.25) is 0 Å². The minimum atomic E-state index is -0.696. The predicted octanol–water partition coefficient (Wildman–Crippen LogP) is 2.50. The second kappa shape index (κ2) is 6.80. The van der Waals surface area contributed by atoms with E-state index < -0.39 is 23.4 Å². The number of carbonyl (C=O) groups excluding carboxylic acids is 3. The van der Waals surface area contributed by atoms with E-state index in [0.29, 0.717) is 6.29 Å². The normalized spacial score (nSPS) is 11.7. The van der Waals surface area contributed by atoms with Gasteiger partial charge >= 0.3 is 12.2 Å². The number of nitrogens with zero attached hydrogens (tertiary/aromatic N) is 2. The number of imidazole rings is 1. The van der Waals surface area contributed by atoms with Gasteiger partial charge in [-0.05, 0) is 41.5 Å². The third-order valence-corrected chi connectivity index (χ3v) is 2.30. The van der Waals surface area contributed by atoms with E-state index in [-0.39, 0.29) is 18.1 Å². The zero-order valence-electron chi connectivity index (χ0n) is 14.3. The van der Waals surface area contributed by atoms with E-state index in [1.165, 1.54) is 6.20 Å². The van der Waals surface area contributed by atoms with Crippen molar-refractivity contribution in [3.63, 3.8) is 0 Å². The summed E-state index contributed by atoms with van der Waals surface area (Å²) in [5, 5.41) is 2.48. The lowest BCUT2D eigenvalue weighted by Crippen LogP contribution is -2.34.